The number of hydrogen-bond donors (Lipinski definition) is 0. The van der Waals surface area contributed by atoms with Crippen molar-refractivity contribution in [3.05, 3.63) is 88.5 Å². The molecule has 0 spiro atoms. The standard InChI is InChI=1S/C21H16ClN7O2/c1-31-20-26-29(21(30)27(20)11-14-5-7-15(22)8-6-14)19-4-2-3-18-17(19)12-28(25-18)16-9-23-13-24-10-16/h2-10,12-13H,11H2,1H3. The Kier molecular flexibility index (Phi) is 4.72. The number of ether oxygens (including phenoxy) is 1. The molecule has 0 saturated heterocycles. The van der Waals surface area contributed by atoms with Crippen LogP contribution in [0.5, 0.6) is 6.01 Å². The maximum absolute atomic E-state index is 13.3. The van der Waals surface area contributed by atoms with Crippen molar-refractivity contribution >= 4 is 22.5 Å². The Morgan fingerprint density at radius 1 is 1.03 bits per heavy atom. The van der Waals surface area contributed by atoms with Crippen LogP contribution in [-0.4, -0.2) is 41.2 Å². The van der Waals surface area contributed by atoms with Crippen LogP contribution in [0.4, 0.5) is 0 Å². The predicted octanol–water partition coefficient (Wildman–Crippen LogP) is 2.87. The fraction of sp³-hybridized carbons (Fsp3) is 0.0952. The summed E-state index contributed by atoms with van der Waals surface area (Å²) in [5.41, 5.74) is 2.59. The van der Waals surface area contributed by atoms with Gasteiger partial charge in [0.1, 0.15) is 12.0 Å². The van der Waals surface area contributed by atoms with Crippen molar-refractivity contribution in [3.63, 3.8) is 0 Å². The Labute approximate surface area is 181 Å². The molecule has 0 N–H and O–H groups in total. The van der Waals surface area contributed by atoms with Crippen molar-refractivity contribution in [2.75, 3.05) is 7.11 Å². The molecule has 5 rings (SSSR count). The van der Waals surface area contributed by atoms with Gasteiger partial charge in [-0.1, -0.05) is 29.8 Å². The molecule has 31 heavy (non-hydrogen) atoms. The molecule has 10 heteroatoms. The number of methoxy groups -OCH3 is 1. The molecule has 154 valence electrons. The molecule has 3 aromatic heterocycles. The van der Waals surface area contributed by atoms with Crippen LogP contribution in [0, 0.1) is 0 Å². The molecule has 0 aliphatic heterocycles. The average molecular weight is 434 g/mol. The second kappa shape index (κ2) is 7.69. The zero-order valence-electron chi connectivity index (χ0n) is 16.4. The molecular formula is C21H16ClN7O2. The molecule has 0 radical (unpaired) electrons. The molecular weight excluding hydrogens is 418 g/mol. The third-order valence-electron chi connectivity index (χ3n) is 4.83. The molecule has 3 heterocycles. The van der Waals surface area contributed by atoms with Gasteiger partial charge in [0.05, 0.1) is 37.3 Å². The van der Waals surface area contributed by atoms with Crippen molar-refractivity contribution in [3.8, 4) is 17.4 Å². The second-order valence-corrected chi connectivity index (χ2v) is 7.21. The summed E-state index contributed by atoms with van der Waals surface area (Å²) in [5, 5.41) is 10.4. The van der Waals surface area contributed by atoms with Crippen LogP contribution in [0.15, 0.2) is 72.2 Å². The van der Waals surface area contributed by atoms with E-state index in [1.165, 1.54) is 22.7 Å². The van der Waals surface area contributed by atoms with E-state index in [1.807, 2.05) is 36.5 Å². The van der Waals surface area contributed by atoms with E-state index in [4.69, 9.17) is 16.3 Å². The first-order valence-corrected chi connectivity index (χ1v) is 9.74. The van der Waals surface area contributed by atoms with Gasteiger partial charge in [0, 0.05) is 16.6 Å². The van der Waals surface area contributed by atoms with Crippen LogP contribution in [0.25, 0.3) is 22.3 Å². The first kappa shape index (κ1) is 19.0. The fourth-order valence-corrected chi connectivity index (χ4v) is 3.47. The van der Waals surface area contributed by atoms with Gasteiger partial charge in [-0.05, 0) is 29.8 Å². The van der Waals surface area contributed by atoms with Crippen molar-refractivity contribution in [1.82, 2.24) is 34.1 Å². The minimum Gasteiger partial charge on any atom is -0.467 e. The van der Waals surface area contributed by atoms with E-state index in [1.54, 1.807) is 29.2 Å². The largest absolute Gasteiger partial charge is 0.467 e. The maximum atomic E-state index is 13.3. The second-order valence-electron chi connectivity index (χ2n) is 6.77. The normalized spacial score (nSPS) is 11.2. The summed E-state index contributed by atoms with van der Waals surface area (Å²) in [7, 11) is 1.48. The Morgan fingerprint density at radius 3 is 2.55 bits per heavy atom. The first-order valence-electron chi connectivity index (χ1n) is 9.36. The minimum absolute atomic E-state index is 0.209. The van der Waals surface area contributed by atoms with Gasteiger partial charge in [0.15, 0.2) is 0 Å². The summed E-state index contributed by atoms with van der Waals surface area (Å²) < 4.78 is 9.84. The molecule has 9 nitrogen and oxygen atoms in total. The number of hydrogen-bond acceptors (Lipinski definition) is 6. The highest BCUT2D eigenvalue weighted by Crippen LogP contribution is 2.22. The zero-order chi connectivity index (χ0) is 21.4. The number of halogens is 1. The van der Waals surface area contributed by atoms with Gasteiger partial charge in [-0.25, -0.2) is 24.0 Å². The average Bonchev–Trinajstić information content (AvgIpc) is 3.37. The molecule has 0 aliphatic carbocycles. The lowest BCUT2D eigenvalue weighted by molar-refractivity contribution is 0.357. The smallest absolute Gasteiger partial charge is 0.353 e. The quantitative estimate of drug-likeness (QED) is 0.423. The summed E-state index contributed by atoms with van der Waals surface area (Å²) in [5.74, 6) is 0. The molecule has 0 atom stereocenters. The van der Waals surface area contributed by atoms with E-state index in [-0.39, 0.29) is 11.7 Å². The molecule has 5 aromatic rings. The summed E-state index contributed by atoms with van der Waals surface area (Å²) in [6, 6.07) is 13.0. The van der Waals surface area contributed by atoms with Crippen molar-refractivity contribution in [2.24, 2.45) is 0 Å². The van der Waals surface area contributed by atoms with Crippen molar-refractivity contribution in [2.45, 2.75) is 6.54 Å². The lowest BCUT2D eigenvalue weighted by Crippen LogP contribution is -2.24. The van der Waals surface area contributed by atoms with Crippen molar-refractivity contribution < 1.29 is 4.74 Å². The number of aromatic nitrogens is 7. The SMILES string of the molecule is COc1nn(-c2cccc3nn(-c4cncnc4)cc23)c(=O)n1Cc1ccc(Cl)cc1. The third-order valence-corrected chi connectivity index (χ3v) is 5.08. The van der Waals surface area contributed by atoms with E-state index < -0.39 is 0 Å². The van der Waals surface area contributed by atoms with Crippen LogP contribution in [0.2, 0.25) is 5.02 Å². The van der Waals surface area contributed by atoms with Crippen LogP contribution >= 0.6 is 11.6 Å². The molecule has 0 amide bonds. The Hall–Kier alpha value is -3.98. The lowest BCUT2D eigenvalue weighted by Gasteiger charge is -2.04. The van der Waals surface area contributed by atoms with E-state index in [0.717, 1.165) is 10.9 Å². The predicted molar refractivity (Wildman–Crippen MR) is 115 cm³/mol. The molecule has 0 aliphatic rings. The fourth-order valence-electron chi connectivity index (χ4n) is 3.35. The third kappa shape index (κ3) is 3.44. The van der Waals surface area contributed by atoms with Gasteiger partial charge in [-0.15, -0.1) is 5.10 Å². The number of fused-ring (bicyclic) bond motifs is 1. The summed E-state index contributed by atoms with van der Waals surface area (Å²) in [4.78, 5) is 21.3. The van der Waals surface area contributed by atoms with Gasteiger partial charge in [0.25, 0.3) is 0 Å². The molecule has 2 aromatic carbocycles. The summed E-state index contributed by atoms with van der Waals surface area (Å²) >= 11 is 5.96. The van der Waals surface area contributed by atoms with Gasteiger partial charge >= 0.3 is 11.7 Å². The monoisotopic (exact) mass is 433 g/mol. The Bertz CT molecular complexity index is 1420. The Balaban J connectivity index is 1.62. The van der Waals surface area contributed by atoms with E-state index >= 15 is 0 Å². The highest BCUT2D eigenvalue weighted by Gasteiger charge is 2.18. The van der Waals surface area contributed by atoms with Gasteiger partial charge in [0.2, 0.25) is 0 Å². The van der Waals surface area contributed by atoms with Gasteiger partial charge in [-0.2, -0.15) is 9.78 Å². The molecule has 0 unspecified atom stereocenters. The van der Waals surface area contributed by atoms with Crippen LogP contribution in [0.1, 0.15) is 5.56 Å². The zero-order valence-corrected chi connectivity index (χ0v) is 17.1. The van der Waals surface area contributed by atoms with E-state index in [2.05, 4.69) is 20.2 Å². The molecule has 0 fully saturated rings. The van der Waals surface area contributed by atoms with Crippen LogP contribution in [-0.2, 0) is 6.54 Å². The highest BCUT2D eigenvalue weighted by atomic mass is 35.5. The van der Waals surface area contributed by atoms with E-state index in [0.29, 0.717) is 28.5 Å². The Morgan fingerprint density at radius 2 is 1.81 bits per heavy atom. The number of rotatable bonds is 5. The number of nitrogens with zero attached hydrogens (tertiary/aromatic N) is 7. The molecule has 0 saturated carbocycles. The summed E-state index contributed by atoms with van der Waals surface area (Å²) in [6.07, 6.45) is 6.60. The maximum Gasteiger partial charge on any atom is 0.353 e. The highest BCUT2D eigenvalue weighted by molar-refractivity contribution is 6.30. The van der Waals surface area contributed by atoms with Gasteiger partial charge < -0.3 is 4.74 Å². The van der Waals surface area contributed by atoms with Crippen LogP contribution in [0.3, 0.4) is 0 Å². The van der Waals surface area contributed by atoms with Crippen molar-refractivity contribution in [1.29, 1.82) is 0 Å². The van der Waals surface area contributed by atoms with Crippen LogP contribution < -0.4 is 10.4 Å². The van der Waals surface area contributed by atoms with Gasteiger partial charge in [-0.3, -0.25) is 0 Å². The first-order chi connectivity index (χ1) is 15.1. The summed E-state index contributed by atoms with van der Waals surface area (Å²) in [6.45, 7) is 0.301. The minimum atomic E-state index is -0.324. The van der Waals surface area contributed by atoms with E-state index in [9.17, 15) is 4.79 Å². The topological polar surface area (TPSA) is 92.7 Å². The lowest BCUT2D eigenvalue weighted by atomic mass is 10.2. The number of benzene rings is 2. The molecule has 0 bridgehead atoms.